The lowest BCUT2D eigenvalue weighted by atomic mass is 9.91. The first-order valence-corrected chi connectivity index (χ1v) is 8.08. The molecule has 0 saturated heterocycles. The second-order valence-electron chi connectivity index (χ2n) is 4.31. The lowest BCUT2D eigenvalue weighted by Gasteiger charge is -2.22. The van der Waals surface area contributed by atoms with Crippen LogP contribution < -0.4 is 4.72 Å². The van der Waals surface area contributed by atoms with E-state index in [2.05, 4.69) is 46.7 Å². The standard InChI is InChI=1S/C11H18BrNO2S/c1-8-6-10(7-9(2)11(8)12)4-5-13-16(3,14)15/h6-8,11,13H,4-5H2,1-3H3. The lowest BCUT2D eigenvalue weighted by molar-refractivity contribution is 0.587. The fraction of sp³-hybridized carbons (Fsp3) is 0.636. The Morgan fingerprint density at radius 3 is 2.62 bits per heavy atom. The zero-order chi connectivity index (χ0) is 12.3. The van der Waals surface area contributed by atoms with E-state index in [9.17, 15) is 8.42 Å². The molecule has 0 radical (unpaired) electrons. The number of alkyl halides is 1. The maximum absolute atomic E-state index is 10.9. The fourth-order valence-corrected chi connectivity index (χ4v) is 2.55. The average Bonchev–Trinajstić information content (AvgIpc) is 2.12. The van der Waals surface area contributed by atoms with E-state index in [4.69, 9.17) is 0 Å². The van der Waals surface area contributed by atoms with Crippen LogP contribution in [0.15, 0.2) is 23.3 Å². The summed E-state index contributed by atoms with van der Waals surface area (Å²) in [6, 6.07) is 0. The minimum Gasteiger partial charge on any atom is -0.215 e. The van der Waals surface area contributed by atoms with Gasteiger partial charge in [0.1, 0.15) is 0 Å². The van der Waals surface area contributed by atoms with Crippen molar-refractivity contribution in [1.29, 1.82) is 0 Å². The average molecular weight is 308 g/mol. The van der Waals surface area contributed by atoms with Gasteiger partial charge >= 0.3 is 0 Å². The van der Waals surface area contributed by atoms with Crippen LogP contribution in [0, 0.1) is 5.92 Å². The van der Waals surface area contributed by atoms with E-state index in [1.165, 1.54) is 17.4 Å². The normalized spacial score (nSPS) is 26.2. The Labute approximate surface area is 106 Å². The smallest absolute Gasteiger partial charge is 0.208 e. The molecule has 2 unspecified atom stereocenters. The number of sulfonamides is 1. The van der Waals surface area contributed by atoms with Gasteiger partial charge in [-0.3, -0.25) is 0 Å². The molecule has 2 atom stereocenters. The SMILES string of the molecule is CC1=CC(CCNS(C)(=O)=O)=CC(C)C1Br. The van der Waals surface area contributed by atoms with Crippen molar-refractivity contribution in [3.05, 3.63) is 23.3 Å². The van der Waals surface area contributed by atoms with Gasteiger partial charge in [-0.2, -0.15) is 0 Å². The summed E-state index contributed by atoms with van der Waals surface area (Å²) in [4.78, 5) is 0.402. The van der Waals surface area contributed by atoms with Crippen molar-refractivity contribution in [3.8, 4) is 0 Å². The molecule has 0 aromatic carbocycles. The monoisotopic (exact) mass is 307 g/mol. The van der Waals surface area contributed by atoms with Crippen LogP contribution in [0.1, 0.15) is 20.3 Å². The highest BCUT2D eigenvalue weighted by Gasteiger charge is 2.18. The first-order chi connectivity index (χ1) is 7.29. The maximum atomic E-state index is 10.9. The number of hydrogen-bond acceptors (Lipinski definition) is 2. The van der Waals surface area contributed by atoms with Gasteiger partial charge in [0, 0.05) is 11.4 Å². The van der Waals surface area contributed by atoms with E-state index in [-0.39, 0.29) is 0 Å². The van der Waals surface area contributed by atoms with Crippen molar-refractivity contribution in [2.24, 2.45) is 5.92 Å². The lowest BCUT2D eigenvalue weighted by Crippen LogP contribution is -2.24. The number of nitrogens with one attached hydrogen (secondary N) is 1. The second-order valence-corrected chi connectivity index (χ2v) is 7.13. The third-order valence-corrected chi connectivity index (χ3v) is 4.85. The van der Waals surface area contributed by atoms with Gasteiger partial charge in [0.05, 0.1) is 6.26 Å². The maximum Gasteiger partial charge on any atom is 0.208 e. The largest absolute Gasteiger partial charge is 0.215 e. The molecule has 92 valence electrons. The van der Waals surface area contributed by atoms with Crippen LogP contribution in [0.5, 0.6) is 0 Å². The Balaban J connectivity index is 2.54. The summed E-state index contributed by atoms with van der Waals surface area (Å²) < 4.78 is 24.3. The van der Waals surface area contributed by atoms with Crippen molar-refractivity contribution in [2.75, 3.05) is 12.8 Å². The molecule has 0 amide bonds. The van der Waals surface area contributed by atoms with Crippen molar-refractivity contribution in [2.45, 2.75) is 25.1 Å². The van der Waals surface area contributed by atoms with Crippen molar-refractivity contribution >= 4 is 26.0 Å². The number of allylic oxidation sites excluding steroid dienone is 3. The Bertz CT molecular complexity index is 412. The van der Waals surface area contributed by atoms with Crippen molar-refractivity contribution in [1.82, 2.24) is 4.72 Å². The molecule has 0 bridgehead atoms. The minimum atomic E-state index is -3.07. The molecular weight excluding hydrogens is 290 g/mol. The molecule has 0 aromatic heterocycles. The molecule has 0 saturated carbocycles. The van der Waals surface area contributed by atoms with Crippen LogP contribution in [0.4, 0.5) is 0 Å². The van der Waals surface area contributed by atoms with E-state index in [0.717, 1.165) is 6.42 Å². The predicted molar refractivity (Wildman–Crippen MR) is 71.2 cm³/mol. The van der Waals surface area contributed by atoms with E-state index in [1.807, 2.05) is 0 Å². The summed E-state index contributed by atoms with van der Waals surface area (Å²) >= 11 is 3.62. The van der Waals surface area contributed by atoms with Crippen LogP contribution in [-0.2, 0) is 10.0 Å². The van der Waals surface area contributed by atoms with E-state index in [0.29, 0.717) is 17.3 Å². The molecule has 0 heterocycles. The summed E-state index contributed by atoms with van der Waals surface area (Å²) in [5.74, 6) is 0.457. The summed E-state index contributed by atoms with van der Waals surface area (Å²) in [6.07, 6.45) is 6.24. The van der Waals surface area contributed by atoms with Crippen LogP contribution in [0.2, 0.25) is 0 Å². The van der Waals surface area contributed by atoms with Crippen LogP contribution in [0.3, 0.4) is 0 Å². The molecule has 1 N–H and O–H groups in total. The molecule has 1 aliphatic carbocycles. The third-order valence-electron chi connectivity index (χ3n) is 2.56. The van der Waals surface area contributed by atoms with Gasteiger partial charge in [0.2, 0.25) is 10.0 Å². The Morgan fingerprint density at radius 1 is 1.50 bits per heavy atom. The van der Waals surface area contributed by atoms with Gasteiger partial charge in [0.25, 0.3) is 0 Å². The van der Waals surface area contributed by atoms with E-state index in [1.54, 1.807) is 0 Å². The summed E-state index contributed by atoms with van der Waals surface area (Å²) in [6.45, 7) is 4.71. The van der Waals surface area contributed by atoms with Crippen LogP contribution >= 0.6 is 15.9 Å². The second kappa shape index (κ2) is 5.47. The van der Waals surface area contributed by atoms with E-state index >= 15 is 0 Å². The molecule has 3 nitrogen and oxygen atoms in total. The van der Waals surface area contributed by atoms with Crippen LogP contribution in [-0.4, -0.2) is 26.0 Å². The molecule has 5 heteroatoms. The fourth-order valence-electron chi connectivity index (χ4n) is 1.79. The third kappa shape index (κ3) is 4.39. The molecular formula is C11H18BrNO2S. The molecule has 0 fully saturated rings. The highest BCUT2D eigenvalue weighted by molar-refractivity contribution is 9.09. The molecule has 16 heavy (non-hydrogen) atoms. The number of halogens is 1. The highest BCUT2D eigenvalue weighted by Crippen LogP contribution is 2.29. The summed E-state index contributed by atoms with van der Waals surface area (Å²) in [5, 5.41) is 0. The first kappa shape index (κ1) is 13.9. The minimum absolute atomic E-state index is 0.402. The van der Waals surface area contributed by atoms with Gasteiger partial charge in [-0.15, -0.1) is 0 Å². The Morgan fingerprint density at radius 2 is 2.12 bits per heavy atom. The van der Waals surface area contributed by atoms with E-state index < -0.39 is 10.0 Å². The van der Waals surface area contributed by atoms with Gasteiger partial charge < -0.3 is 0 Å². The quantitative estimate of drug-likeness (QED) is 0.810. The topological polar surface area (TPSA) is 46.2 Å². The van der Waals surface area contributed by atoms with Crippen LogP contribution in [0.25, 0.3) is 0 Å². The van der Waals surface area contributed by atoms with Gasteiger partial charge in [-0.1, -0.05) is 46.2 Å². The zero-order valence-corrected chi connectivity index (χ0v) is 12.2. The highest BCUT2D eigenvalue weighted by atomic mass is 79.9. The number of hydrogen-bond donors (Lipinski definition) is 1. The number of rotatable bonds is 4. The van der Waals surface area contributed by atoms with Gasteiger partial charge in [0.15, 0.2) is 0 Å². The zero-order valence-electron chi connectivity index (χ0n) is 9.83. The molecule has 1 aliphatic rings. The molecule has 0 spiro atoms. The first-order valence-electron chi connectivity index (χ1n) is 5.27. The Kier molecular flexibility index (Phi) is 4.76. The Hall–Kier alpha value is -0.130. The summed E-state index contributed by atoms with van der Waals surface area (Å²) in [7, 11) is -3.07. The predicted octanol–water partition coefficient (Wildman–Crippen LogP) is 2.21. The molecule has 0 aromatic rings. The van der Waals surface area contributed by atoms with Gasteiger partial charge in [-0.05, 0) is 19.3 Å². The molecule has 1 rings (SSSR count). The van der Waals surface area contributed by atoms with Gasteiger partial charge in [-0.25, -0.2) is 13.1 Å². The molecule has 0 aliphatic heterocycles. The van der Waals surface area contributed by atoms with Crippen molar-refractivity contribution in [3.63, 3.8) is 0 Å². The van der Waals surface area contributed by atoms with Crippen molar-refractivity contribution < 1.29 is 8.42 Å². The summed E-state index contributed by atoms with van der Waals surface area (Å²) in [5.41, 5.74) is 2.50.